The Morgan fingerprint density at radius 3 is 3.00 bits per heavy atom. The van der Waals surface area contributed by atoms with Gasteiger partial charge in [-0.3, -0.25) is 4.98 Å². The van der Waals surface area contributed by atoms with Crippen LogP contribution in [-0.2, 0) is 6.42 Å². The van der Waals surface area contributed by atoms with E-state index < -0.39 is 6.10 Å². The molecule has 2 aromatic rings. The maximum atomic E-state index is 10.2. The molecule has 0 bridgehead atoms. The van der Waals surface area contributed by atoms with E-state index in [0.717, 1.165) is 16.3 Å². The minimum absolute atomic E-state index is 0.491. The molecule has 0 aliphatic carbocycles. The monoisotopic (exact) mass is 250 g/mol. The zero-order valence-corrected chi connectivity index (χ0v) is 10.6. The summed E-state index contributed by atoms with van der Waals surface area (Å²) in [6.45, 7) is 1.95. The highest BCUT2D eigenvalue weighted by Gasteiger charge is 2.15. The van der Waals surface area contributed by atoms with E-state index in [-0.39, 0.29) is 0 Å². The summed E-state index contributed by atoms with van der Waals surface area (Å²) in [4.78, 5) is 8.29. The van der Waals surface area contributed by atoms with Gasteiger partial charge in [0.25, 0.3) is 0 Å². The fourth-order valence-electron chi connectivity index (χ4n) is 1.65. The molecule has 0 amide bonds. The normalized spacial score (nSPS) is 12.4. The summed E-state index contributed by atoms with van der Waals surface area (Å²) in [5, 5.41) is 13.1. The first-order valence-corrected chi connectivity index (χ1v) is 6.15. The van der Waals surface area contributed by atoms with Crippen LogP contribution in [-0.4, -0.2) is 22.2 Å². The summed E-state index contributed by atoms with van der Waals surface area (Å²) in [6, 6.07) is 1.77. The summed E-state index contributed by atoms with van der Waals surface area (Å²) < 4.78 is 5.17. The number of thiazole rings is 1. The van der Waals surface area contributed by atoms with Gasteiger partial charge in [0, 0.05) is 23.6 Å². The van der Waals surface area contributed by atoms with Crippen molar-refractivity contribution < 1.29 is 9.84 Å². The zero-order valence-electron chi connectivity index (χ0n) is 9.75. The third-order valence-corrected chi connectivity index (χ3v) is 3.29. The Morgan fingerprint density at radius 1 is 1.53 bits per heavy atom. The number of hydrogen-bond donors (Lipinski definition) is 1. The average molecular weight is 250 g/mol. The van der Waals surface area contributed by atoms with Gasteiger partial charge in [0.2, 0.25) is 0 Å². The highest BCUT2D eigenvalue weighted by Crippen LogP contribution is 2.26. The fourth-order valence-corrected chi connectivity index (χ4v) is 2.27. The molecule has 90 valence electrons. The van der Waals surface area contributed by atoms with Crippen molar-refractivity contribution in [3.05, 3.63) is 40.1 Å². The highest BCUT2D eigenvalue weighted by molar-refractivity contribution is 7.09. The maximum Gasteiger partial charge on any atom is 0.142 e. The Balaban J connectivity index is 2.16. The molecule has 2 aromatic heterocycles. The second-order valence-electron chi connectivity index (χ2n) is 3.70. The van der Waals surface area contributed by atoms with E-state index in [0.29, 0.717) is 12.2 Å². The van der Waals surface area contributed by atoms with Crippen LogP contribution in [0.1, 0.15) is 22.4 Å². The summed E-state index contributed by atoms with van der Waals surface area (Å²) in [5.41, 5.74) is 1.65. The minimum Gasteiger partial charge on any atom is -0.495 e. The van der Waals surface area contributed by atoms with Crippen molar-refractivity contribution in [2.75, 3.05) is 7.11 Å². The minimum atomic E-state index is -0.616. The molecule has 0 fully saturated rings. The number of rotatable bonds is 4. The summed E-state index contributed by atoms with van der Waals surface area (Å²) in [6.07, 6.45) is 3.12. The molecule has 0 aliphatic heterocycles. The first-order chi connectivity index (χ1) is 8.20. The summed E-state index contributed by atoms with van der Waals surface area (Å²) >= 11 is 1.59. The molecule has 4 nitrogen and oxygen atoms in total. The number of ether oxygens (including phenoxy) is 1. The van der Waals surface area contributed by atoms with Crippen molar-refractivity contribution in [3.63, 3.8) is 0 Å². The molecule has 0 spiro atoms. The van der Waals surface area contributed by atoms with Crippen LogP contribution in [0.3, 0.4) is 0 Å². The van der Waals surface area contributed by atoms with Gasteiger partial charge in [-0.1, -0.05) is 0 Å². The molecule has 1 atom stereocenters. The highest BCUT2D eigenvalue weighted by atomic mass is 32.1. The Morgan fingerprint density at radius 2 is 2.35 bits per heavy atom. The topological polar surface area (TPSA) is 55.2 Å². The van der Waals surface area contributed by atoms with E-state index in [4.69, 9.17) is 4.74 Å². The van der Waals surface area contributed by atoms with E-state index in [1.54, 1.807) is 36.9 Å². The van der Waals surface area contributed by atoms with Gasteiger partial charge in [0.05, 0.1) is 30.1 Å². The van der Waals surface area contributed by atoms with Crippen LogP contribution in [0.4, 0.5) is 0 Å². The first kappa shape index (κ1) is 12.0. The maximum absolute atomic E-state index is 10.2. The molecule has 0 radical (unpaired) electrons. The molecule has 0 aliphatic rings. The molecule has 17 heavy (non-hydrogen) atoms. The molecule has 2 heterocycles. The van der Waals surface area contributed by atoms with Gasteiger partial charge in [-0.2, -0.15) is 0 Å². The molecule has 1 unspecified atom stereocenters. The van der Waals surface area contributed by atoms with Gasteiger partial charge >= 0.3 is 0 Å². The van der Waals surface area contributed by atoms with E-state index >= 15 is 0 Å². The lowest BCUT2D eigenvalue weighted by molar-refractivity contribution is 0.173. The number of aromatic nitrogens is 2. The largest absolute Gasteiger partial charge is 0.495 e. The fraction of sp³-hybridized carbons (Fsp3) is 0.333. The number of nitrogens with zero attached hydrogens (tertiary/aromatic N) is 2. The standard InChI is InChI=1S/C12H14N2O2S/c1-8-14-9(7-17-8)5-11(15)10-3-4-13-6-12(10)16-2/h3-4,6-7,11,15H,5H2,1-2H3. The van der Waals surface area contributed by atoms with Crippen LogP contribution in [0.5, 0.6) is 5.75 Å². The molecule has 5 heteroatoms. The number of pyridine rings is 1. The second-order valence-corrected chi connectivity index (χ2v) is 4.76. The van der Waals surface area contributed by atoms with Crippen LogP contribution in [0.2, 0.25) is 0 Å². The van der Waals surface area contributed by atoms with Gasteiger partial charge in [-0.15, -0.1) is 11.3 Å². The van der Waals surface area contributed by atoms with Crippen LogP contribution in [0.25, 0.3) is 0 Å². The molecular weight excluding hydrogens is 236 g/mol. The van der Waals surface area contributed by atoms with Crippen LogP contribution in [0, 0.1) is 6.92 Å². The number of methoxy groups -OCH3 is 1. The van der Waals surface area contributed by atoms with Crippen molar-refractivity contribution in [1.82, 2.24) is 9.97 Å². The lowest BCUT2D eigenvalue weighted by Crippen LogP contribution is -2.04. The number of aryl methyl sites for hydroxylation is 1. The third-order valence-electron chi connectivity index (χ3n) is 2.46. The van der Waals surface area contributed by atoms with Gasteiger partial charge in [0.1, 0.15) is 5.75 Å². The second kappa shape index (κ2) is 5.25. The number of aliphatic hydroxyl groups excluding tert-OH is 1. The SMILES string of the molecule is COc1cnccc1C(O)Cc1csc(C)n1. The first-order valence-electron chi connectivity index (χ1n) is 5.27. The van der Waals surface area contributed by atoms with Crippen molar-refractivity contribution >= 4 is 11.3 Å². The Labute approximate surface area is 104 Å². The smallest absolute Gasteiger partial charge is 0.142 e. The molecule has 2 rings (SSSR count). The van der Waals surface area contributed by atoms with E-state index in [1.165, 1.54) is 0 Å². The average Bonchev–Trinajstić information content (AvgIpc) is 2.74. The molecule has 0 aromatic carbocycles. The van der Waals surface area contributed by atoms with Gasteiger partial charge in [-0.25, -0.2) is 4.98 Å². The quantitative estimate of drug-likeness (QED) is 0.903. The molecular formula is C12H14N2O2S. The number of hydrogen-bond acceptors (Lipinski definition) is 5. The van der Waals surface area contributed by atoms with Gasteiger partial charge < -0.3 is 9.84 Å². The summed E-state index contributed by atoms with van der Waals surface area (Å²) in [5.74, 6) is 0.604. The van der Waals surface area contributed by atoms with Crippen LogP contribution < -0.4 is 4.74 Å². The zero-order chi connectivity index (χ0) is 12.3. The van der Waals surface area contributed by atoms with E-state index in [2.05, 4.69) is 9.97 Å². The molecule has 1 N–H and O–H groups in total. The molecule has 0 saturated heterocycles. The Bertz CT molecular complexity index is 499. The molecule has 0 saturated carbocycles. The predicted octanol–water partition coefficient (Wildman–Crippen LogP) is 2.13. The Hall–Kier alpha value is -1.46. The predicted molar refractivity (Wildman–Crippen MR) is 66.3 cm³/mol. The van der Waals surface area contributed by atoms with E-state index in [1.807, 2.05) is 12.3 Å². The van der Waals surface area contributed by atoms with Gasteiger partial charge in [-0.05, 0) is 13.0 Å². The van der Waals surface area contributed by atoms with E-state index in [9.17, 15) is 5.11 Å². The van der Waals surface area contributed by atoms with Crippen molar-refractivity contribution in [2.45, 2.75) is 19.4 Å². The Kier molecular flexibility index (Phi) is 3.71. The summed E-state index contributed by atoms with van der Waals surface area (Å²) in [7, 11) is 1.57. The lowest BCUT2D eigenvalue weighted by atomic mass is 10.1. The lowest BCUT2D eigenvalue weighted by Gasteiger charge is -2.12. The third kappa shape index (κ3) is 2.81. The van der Waals surface area contributed by atoms with Crippen LogP contribution >= 0.6 is 11.3 Å². The van der Waals surface area contributed by atoms with Crippen molar-refractivity contribution in [1.29, 1.82) is 0 Å². The van der Waals surface area contributed by atoms with Gasteiger partial charge in [0.15, 0.2) is 0 Å². The van der Waals surface area contributed by atoms with Crippen molar-refractivity contribution in [2.24, 2.45) is 0 Å². The van der Waals surface area contributed by atoms with Crippen molar-refractivity contribution in [3.8, 4) is 5.75 Å². The number of aliphatic hydroxyl groups is 1. The van der Waals surface area contributed by atoms with Crippen LogP contribution in [0.15, 0.2) is 23.8 Å².